The second-order valence-corrected chi connectivity index (χ2v) is 8.12. The van der Waals surface area contributed by atoms with Crippen LogP contribution in [0.2, 0.25) is 0 Å². The molecule has 176 valence electrons. The van der Waals surface area contributed by atoms with Gasteiger partial charge in [-0.1, -0.05) is 43.3 Å². The Hall–Kier alpha value is -4.05. The fourth-order valence-corrected chi connectivity index (χ4v) is 3.72. The second kappa shape index (κ2) is 11.7. The van der Waals surface area contributed by atoms with E-state index in [0.717, 1.165) is 22.0 Å². The molecule has 7 heteroatoms. The van der Waals surface area contributed by atoms with Crippen LogP contribution in [-0.4, -0.2) is 42.0 Å². The summed E-state index contributed by atoms with van der Waals surface area (Å²) in [7, 11) is 3.36. The number of nitrogens with one attached hydrogen (secondary N) is 1. The summed E-state index contributed by atoms with van der Waals surface area (Å²) >= 11 is 0. The fourth-order valence-electron chi connectivity index (χ4n) is 3.72. The number of aromatic nitrogens is 1. The van der Waals surface area contributed by atoms with Crippen molar-refractivity contribution < 1.29 is 14.3 Å². The molecule has 0 fully saturated rings. The number of carbonyl (C=O) groups is 2. The third-order valence-electron chi connectivity index (χ3n) is 5.57. The molecule has 7 nitrogen and oxygen atoms in total. The van der Waals surface area contributed by atoms with Gasteiger partial charge in [0, 0.05) is 54.9 Å². The largest absolute Gasteiger partial charge is 0.483 e. The van der Waals surface area contributed by atoms with Gasteiger partial charge in [0.1, 0.15) is 5.75 Å². The molecule has 1 heterocycles. The summed E-state index contributed by atoms with van der Waals surface area (Å²) in [6.07, 6.45) is 6.37. The normalized spacial score (nSPS) is 11.8. The molecule has 0 aliphatic rings. The average molecular weight is 459 g/mol. The number of nitriles is 1. The average Bonchev–Trinajstić information content (AvgIpc) is 3.21. The van der Waals surface area contributed by atoms with E-state index in [1.165, 1.54) is 11.0 Å². The number of hydrogen-bond acceptors (Lipinski definition) is 4. The molecular weight excluding hydrogens is 428 g/mol. The van der Waals surface area contributed by atoms with Crippen molar-refractivity contribution in [2.45, 2.75) is 32.4 Å². The Morgan fingerprint density at radius 1 is 1.18 bits per heavy atom. The van der Waals surface area contributed by atoms with Crippen LogP contribution in [0.4, 0.5) is 0 Å². The predicted molar refractivity (Wildman–Crippen MR) is 133 cm³/mol. The van der Waals surface area contributed by atoms with Gasteiger partial charge in [-0.05, 0) is 24.6 Å². The summed E-state index contributed by atoms with van der Waals surface area (Å²) in [6.45, 7) is 2.52. The minimum Gasteiger partial charge on any atom is -0.483 e. The minimum absolute atomic E-state index is 0.0653. The number of ether oxygens (including phenoxy) is 1. The van der Waals surface area contributed by atoms with E-state index in [4.69, 9.17) is 10.00 Å². The highest BCUT2D eigenvalue weighted by Gasteiger charge is 2.17. The van der Waals surface area contributed by atoms with E-state index in [1.54, 1.807) is 26.2 Å². The van der Waals surface area contributed by atoms with E-state index in [-0.39, 0.29) is 24.5 Å². The zero-order valence-corrected chi connectivity index (χ0v) is 19.8. The Balaban J connectivity index is 1.75. The van der Waals surface area contributed by atoms with E-state index in [1.807, 2.05) is 60.2 Å². The zero-order valence-electron chi connectivity index (χ0n) is 19.8. The number of aryl methyl sites for hydroxylation is 1. The molecule has 0 aliphatic carbocycles. The number of likely N-dealkylation sites (N-methyl/N-ethyl adjacent to an activating group) is 1. The Morgan fingerprint density at radius 2 is 1.91 bits per heavy atom. The number of para-hydroxylation sites is 2. The first-order valence-corrected chi connectivity index (χ1v) is 11.3. The Morgan fingerprint density at radius 3 is 2.65 bits per heavy atom. The Bertz CT molecular complexity index is 1220. The molecular formula is C27H30N4O3. The Kier molecular flexibility index (Phi) is 8.47. The molecule has 2 aromatic carbocycles. The maximum Gasteiger partial charge on any atom is 0.259 e. The monoisotopic (exact) mass is 458 g/mol. The highest BCUT2D eigenvalue weighted by atomic mass is 16.5. The smallest absolute Gasteiger partial charge is 0.259 e. The number of rotatable bonds is 10. The molecule has 0 spiro atoms. The summed E-state index contributed by atoms with van der Waals surface area (Å²) < 4.78 is 7.79. The van der Waals surface area contributed by atoms with Gasteiger partial charge in [-0.25, -0.2) is 0 Å². The van der Waals surface area contributed by atoms with Crippen molar-refractivity contribution in [3.05, 3.63) is 71.9 Å². The molecule has 0 radical (unpaired) electrons. The van der Waals surface area contributed by atoms with E-state index in [9.17, 15) is 9.59 Å². The van der Waals surface area contributed by atoms with Crippen molar-refractivity contribution in [1.29, 1.82) is 5.26 Å². The molecule has 0 saturated heterocycles. The van der Waals surface area contributed by atoms with Gasteiger partial charge in [-0.15, -0.1) is 0 Å². The van der Waals surface area contributed by atoms with Gasteiger partial charge in [0.05, 0.1) is 18.5 Å². The van der Waals surface area contributed by atoms with Gasteiger partial charge in [-0.3, -0.25) is 9.59 Å². The number of fused-ring (bicyclic) bond motifs is 1. The van der Waals surface area contributed by atoms with Gasteiger partial charge >= 0.3 is 0 Å². The number of amides is 2. The van der Waals surface area contributed by atoms with Crippen LogP contribution in [0.25, 0.3) is 17.0 Å². The van der Waals surface area contributed by atoms with E-state index >= 15 is 0 Å². The molecule has 2 amide bonds. The summed E-state index contributed by atoms with van der Waals surface area (Å²) in [5.74, 6) is 0.220. The van der Waals surface area contributed by atoms with Crippen molar-refractivity contribution in [3.8, 4) is 11.8 Å². The van der Waals surface area contributed by atoms with Crippen LogP contribution in [0, 0.1) is 11.3 Å². The molecule has 1 atom stereocenters. The molecule has 0 saturated carbocycles. The molecule has 1 unspecified atom stereocenters. The van der Waals surface area contributed by atoms with Crippen molar-refractivity contribution in [3.63, 3.8) is 0 Å². The van der Waals surface area contributed by atoms with Crippen LogP contribution in [-0.2, 0) is 16.1 Å². The quantitative estimate of drug-likeness (QED) is 0.459. The van der Waals surface area contributed by atoms with Gasteiger partial charge in [0.15, 0.2) is 6.61 Å². The maximum atomic E-state index is 12.8. The highest BCUT2D eigenvalue weighted by Crippen LogP contribution is 2.27. The maximum absolute atomic E-state index is 12.8. The molecule has 3 rings (SSSR count). The van der Waals surface area contributed by atoms with E-state index in [0.29, 0.717) is 25.1 Å². The van der Waals surface area contributed by atoms with Gasteiger partial charge in [0.25, 0.3) is 5.91 Å². The van der Waals surface area contributed by atoms with Crippen LogP contribution in [0.1, 0.15) is 36.9 Å². The van der Waals surface area contributed by atoms with Crippen molar-refractivity contribution >= 4 is 28.8 Å². The van der Waals surface area contributed by atoms with Crippen molar-refractivity contribution in [2.24, 2.45) is 0 Å². The lowest BCUT2D eigenvalue weighted by Gasteiger charge is -2.20. The second-order valence-electron chi connectivity index (χ2n) is 8.12. The van der Waals surface area contributed by atoms with Crippen molar-refractivity contribution in [1.82, 2.24) is 14.8 Å². The minimum atomic E-state index is -0.264. The van der Waals surface area contributed by atoms with Crippen LogP contribution < -0.4 is 10.1 Å². The lowest BCUT2D eigenvalue weighted by Crippen LogP contribution is -2.29. The summed E-state index contributed by atoms with van der Waals surface area (Å²) in [5.41, 5.74) is 2.77. The summed E-state index contributed by atoms with van der Waals surface area (Å²) in [6, 6.07) is 17.3. The van der Waals surface area contributed by atoms with Crippen molar-refractivity contribution in [2.75, 3.05) is 20.7 Å². The fraction of sp³-hybridized carbons (Fsp3) is 0.296. The van der Waals surface area contributed by atoms with E-state index < -0.39 is 0 Å². The lowest BCUT2D eigenvalue weighted by atomic mass is 10.0. The number of benzene rings is 2. The van der Waals surface area contributed by atoms with Crippen LogP contribution in [0.3, 0.4) is 0 Å². The molecule has 0 aliphatic heterocycles. The Labute approximate surface area is 200 Å². The molecule has 0 bridgehead atoms. The number of nitrogens with zero attached hydrogens (tertiary/aromatic N) is 3. The molecule has 1 N–H and O–H groups in total. The van der Waals surface area contributed by atoms with Crippen LogP contribution in [0.5, 0.6) is 5.75 Å². The zero-order chi connectivity index (χ0) is 24.5. The third kappa shape index (κ3) is 6.04. The predicted octanol–water partition coefficient (Wildman–Crippen LogP) is 4.30. The lowest BCUT2D eigenvalue weighted by molar-refractivity contribution is -0.130. The number of hydrogen-bond donors (Lipinski definition) is 1. The first-order chi connectivity index (χ1) is 16.4. The molecule has 1 aromatic heterocycles. The van der Waals surface area contributed by atoms with Gasteiger partial charge < -0.3 is 19.5 Å². The summed E-state index contributed by atoms with van der Waals surface area (Å²) in [5, 5.41) is 13.0. The van der Waals surface area contributed by atoms with Crippen LogP contribution >= 0.6 is 0 Å². The molecule has 34 heavy (non-hydrogen) atoms. The standard InChI is InChI=1S/C27H30N4O3/c1-4-23(22-11-6-8-13-25(22)34-19-27(33)30(2)3)29-26(32)15-14-20-18-31(17-9-16-28)24-12-7-5-10-21(20)24/h5-8,10-15,18,23H,4,9,17,19H2,1-3H3,(H,29,32)/b15-14+. The highest BCUT2D eigenvalue weighted by molar-refractivity contribution is 5.96. The molecule has 3 aromatic rings. The van der Waals surface area contributed by atoms with Crippen LogP contribution in [0.15, 0.2) is 60.8 Å². The van der Waals surface area contributed by atoms with Gasteiger partial charge in [0.2, 0.25) is 5.91 Å². The number of carbonyl (C=O) groups excluding carboxylic acids is 2. The topological polar surface area (TPSA) is 87.4 Å². The third-order valence-corrected chi connectivity index (χ3v) is 5.57. The first kappa shape index (κ1) is 24.6. The SMILES string of the molecule is CCC(NC(=O)/C=C/c1cn(CCC#N)c2ccccc12)c1ccccc1OCC(=O)N(C)C. The van der Waals surface area contributed by atoms with E-state index in [2.05, 4.69) is 11.4 Å². The summed E-state index contributed by atoms with van der Waals surface area (Å²) in [4.78, 5) is 26.2. The first-order valence-electron chi connectivity index (χ1n) is 11.3. The van der Waals surface area contributed by atoms with Gasteiger partial charge in [-0.2, -0.15) is 5.26 Å².